The van der Waals surface area contributed by atoms with E-state index in [4.69, 9.17) is 4.79 Å². The molecule has 0 spiro atoms. The van der Waals surface area contributed by atoms with Crippen LogP contribution in [0.15, 0.2) is 36.9 Å². The number of hydrogen-bond acceptors (Lipinski definition) is 4. The zero-order valence-corrected chi connectivity index (χ0v) is 25.9. The van der Waals surface area contributed by atoms with Crippen LogP contribution in [-0.4, -0.2) is 17.6 Å². The van der Waals surface area contributed by atoms with Crippen molar-refractivity contribution in [2.45, 2.75) is 101 Å². The number of carbonyl (C=O) groups excluding carboxylic acids is 2. The summed E-state index contributed by atoms with van der Waals surface area (Å²) < 4.78 is 0. The second kappa shape index (κ2) is 16.5. The van der Waals surface area contributed by atoms with Gasteiger partial charge in [-0.25, -0.2) is 4.98 Å². The molecule has 1 aromatic carbocycles. The van der Waals surface area contributed by atoms with E-state index in [1.54, 1.807) is 17.4 Å². The molecule has 0 radical (unpaired) electrons. The van der Waals surface area contributed by atoms with Crippen LogP contribution in [-0.2, 0) is 11.2 Å². The Morgan fingerprint density at radius 2 is 1.57 bits per heavy atom. The van der Waals surface area contributed by atoms with Gasteiger partial charge in [-0.05, 0) is 53.7 Å². The van der Waals surface area contributed by atoms with Crippen LogP contribution in [0.25, 0.3) is 12.2 Å². The minimum absolute atomic E-state index is 0.114. The van der Waals surface area contributed by atoms with Crippen molar-refractivity contribution in [1.82, 2.24) is 4.98 Å². The van der Waals surface area contributed by atoms with E-state index < -0.39 is 0 Å². The van der Waals surface area contributed by atoms with Gasteiger partial charge in [0, 0.05) is 5.56 Å². The summed E-state index contributed by atoms with van der Waals surface area (Å²) >= 11 is 1.54. The van der Waals surface area contributed by atoms with Crippen molar-refractivity contribution in [3.8, 4) is 0 Å². The molecule has 1 aromatic heterocycles. The Labute approximate surface area is 231 Å². The lowest BCUT2D eigenvalue weighted by Crippen LogP contribution is -2.23. The van der Waals surface area contributed by atoms with Crippen molar-refractivity contribution in [1.29, 1.82) is 0 Å². The molecule has 0 aliphatic carbocycles. The number of rotatable bonds is 10. The number of thiazole rings is 1. The Kier molecular flexibility index (Phi) is 15.5. The van der Waals surface area contributed by atoms with Crippen LogP contribution in [0.1, 0.15) is 126 Å². The van der Waals surface area contributed by atoms with Gasteiger partial charge in [0.15, 0.2) is 5.78 Å². The Hall–Kier alpha value is -2.33. The molecule has 0 aliphatic rings. The van der Waals surface area contributed by atoms with Gasteiger partial charge in [-0.15, -0.1) is 11.3 Å². The molecule has 2 aromatic rings. The quantitative estimate of drug-likeness (QED) is 0.290. The fourth-order valence-corrected chi connectivity index (χ4v) is 4.56. The molecule has 0 amide bonds. The van der Waals surface area contributed by atoms with Crippen LogP contribution in [0.3, 0.4) is 0 Å². The first kappa shape index (κ1) is 34.7. The summed E-state index contributed by atoms with van der Waals surface area (Å²) in [6.07, 6.45) is 9.62. The van der Waals surface area contributed by atoms with Gasteiger partial charge in [-0.1, -0.05) is 112 Å². The molecule has 4 heteroatoms. The summed E-state index contributed by atoms with van der Waals surface area (Å²) in [6.45, 7) is 28.3. The number of nitrogens with zero attached hydrogens (tertiary/aromatic N) is 1. The van der Waals surface area contributed by atoms with Crippen molar-refractivity contribution < 1.29 is 9.59 Å². The lowest BCUT2D eigenvalue weighted by atomic mass is 9.70. The van der Waals surface area contributed by atoms with Crippen molar-refractivity contribution in [2.75, 3.05) is 0 Å². The molecule has 0 bridgehead atoms. The van der Waals surface area contributed by atoms with Gasteiger partial charge in [0.25, 0.3) is 0 Å². The van der Waals surface area contributed by atoms with Gasteiger partial charge in [-0.3, -0.25) is 4.79 Å². The molecule has 2 rings (SSSR count). The van der Waals surface area contributed by atoms with Gasteiger partial charge in [0.1, 0.15) is 11.8 Å². The third-order valence-electron chi connectivity index (χ3n) is 6.80. The highest BCUT2D eigenvalue weighted by molar-refractivity contribution is 7.12. The summed E-state index contributed by atoms with van der Waals surface area (Å²) in [5.74, 6) is 1.25. The molecule has 0 N–H and O–H groups in total. The zero-order chi connectivity index (χ0) is 28.8. The number of benzene rings is 1. The van der Waals surface area contributed by atoms with Crippen molar-refractivity contribution in [3.05, 3.63) is 63.6 Å². The number of hydrogen-bond donors (Lipinski definition) is 0. The molecule has 3 nitrogen and oxygen atoms in total. The summed E-state index contributed by atoms with van der Waals surface area (Å²) in [6, 6.07) is 8.29. The summed E-state index contributed by atoms with van der Waals surface area (Å²) in [4.78, 5) is 26.4. The fraction of sp³-hybridized carbons (Fsp3) is 0.545. The Morgan fingerprint density at radius 3 is 1.97 bits per heavy atom. The van der Waals surface area contributed by atoms with Gasteiger partial charge < -0.3 is 4.79 Å². The maximum atomic E-state index is 12.8. The van der Waals surface area contributed by atoms with E-state index in [-0.39, 0.29) is 11.2 Å². The van der Waals surface area contributed by atoms with Crippen molar-refractivity contribution >= 4 is 36.1 Å². The molecule has 206 valence electrons. The van der Waals surface area contributed by atoms with E-state index in [0.717, 1.165) is 34.0 Å². The molecule has 0 saturated carbocycles. The standard InChI is InChI=1S/C26H35NOS.C6H14.CH2O/c1-8-11-22-24(9-2)29-25(27-22)17-23(28)20-14-12-19(13-15-20)21(16-18(4)5)26(6,7)10-3;1-5-6(2,3)4;1-2/h8-9,11-15,18,21H,2,10,16-17H2,1,3-7H3;5H2,1-4H3;1H2/b11-8-;;. The SMILES string of the molecule is C=Cc1sc(CC(=O)c2ccc(C(CC(C)C)C(C)(C)CC)cc2)nc1/C=C\C.C=O.CCC(C)(C)C. The van der Waals surface area contributed by atoms with Crippen LogP contribution >= 0.6 is 11.3 Å². The van der Waals surface area contributed by atoms with Gasteiger partial charge in [0.05, 0.1) is 17.0 Å². The number of Topliss-reactive ketones (excluding diaryl/α,β-unsaturated/α-hetero) is 1. The van der Waals surface area contributed by atoms with E-state index in [1.165, 1.54) is 12.0 Å². The fourth-order valence-electron chi connectivity index (χ4n) is 3.66. The third-order valence-corrected chi connectivity index (χ3v) is 7.87. The molecule has 1 heterocycles. The Bertz CT molecular complexity index is 975. The van der Waals surface area contributed by atoms with E-state index in [2.05, 4.69) is 86.0 Å². The van der Waals surface area contributed by atoms with Crippen molar-refractivity contribution in [2.24, 2.45) is 16.7 Å². The average molecular weight is 526 g/mol. The highest BCUT2D eigenvalue weighted by atomic mass is 32.1. The van der Waals surface area contributed by atoms with Crippen LogP contribution in [0.5, 0.6) is 0 Å². The highest BCUT2D eigenvalue weighted by Gasteiger charge is 2.29. The first-order valence-corrected chi connectivity index (χ1v) is 14.3. The highest BCUT2D eigenvalue weighted by Crippen LogP contribution is 2.42. The minimum atomic E-state index is 0.114. The zero-order valence-electron chi connectivity index (χ0n) is 25.1. The van der Waals surface area contributed by atoms with E-state index in [0.29, 0.717) is 23.7 Å². The molecular formula is C33H51NO2S. The van der Waals surface area contributed by atoms with Gasteiger partial charge in [0.2, 0.25) is 0 Å². The number of aromatic nitrogens is 1. The monoisotopic (exact) mass is 525 g/mol. The molecule has 0 fully saturated rings. The molecule has 0 saturated heterocycles. The van der Waals surface area contributed by atoms with E-state index >= 15 is 0 Å². The maximum Gasteiger partial charge on any atom is 0.169 e. The Morgan fingerprint density at radius 1 is 1.03 bits per heavy atom. The van der Waals surface area contributed by atoms with Gasteiger partial charge >= 0.3 is 0 Å². The van der Waals surface area contributed by atoms with Crippen molar-refractivity contribution in [3.63, 3.8) is 0 Å². The second-order valence-electron chi connectivity index (χ2n) is 11.7. The molecule has 0 aliphatic heterocycles. The van der Waals surface area contributed by atoms with Crippen LogP contribution < -0.4 is 0 Å². The van der Waals surface area contributed by atoms with Crippen LogP contribution in [0.4, 0.5) is 0 Å². The minimum Gasteiger partial charge on any atom is -0.307 e. The summed E-state index contributed by atoms with van der Waals surface area (Å²) in [5.41, 5.74) is 3.76. The average Bonchev–Trinajstić information content (AvgIpc) is 3.25. The summed E-state index contributed by atoms with van der Waals surface area (Å²) in [7, 11) is 0. The topological polar surface area (TPSA) is 47.0 Å². The van der Waals surface area contributed by atoms with E-state index in [1.807, 2.05) is 38.0 Å². The third kappa shape index (κ3) is 12.2. The Balaban J connectivity index is 0.00000142. The molecule has 1 atom stereocenters. The first-order valence-electron chi connectivity index (χ1n) is 13.4. The number of allylic oxidation sites excluding steroid dienone is 1. The lowest BCUT2D eigenvalue weighted by Gasteiger charge is -2.35. The first-order chi connectivity index (χ1) is 17.3. The number of carbonyl (C=O) groups is 2. The smallest absolute Gasteiger partial charge is 0.169 e. The maximum absolute atomic E-state index is 12.8. The number of ketones is 1. The predicted octanol–water partition coefficient (Wildman–Crippen LogP) is 10.1. The predicted molar refractivity (Wildman–Crippen MR) is 165 cm³/mol. The summed E-state index contributed by atoms with van der Waals surface area (Å²) in [5, 5.41) is 0.840. The largest absolute Gasteiger partial charge is 0.307 e. The normalized spacial score (nSPS) is 12.4. The molecule has 37 heavy (non-hydrogen) atoms. The van der Waals surface area contributed by atoms with Crippen LogP contribution in [0.2, 0.25) is 0 Å². The van der Waals surface area contributed by atoms with Crippen LogP contribution in [0, 0.1) is 16.7 Å². The second-order valence-corrected chi connectivity index (χ2v) is 12.8. The molecule has 1 unspecified atom stereocenters. The van der Waals surface area contributed by atoms with E-state index in [9.17, 15) is 4.79 Å². The molecular weight excluding hydrogens is 474 g/mol. The lowest BCUT2D eigenvalue weighted by molar-refractivity contribution is -0.0980. The van der Waals surface area contributed by atoms with Gasteiger partial charge in [-0.2, -0.15) is 0 Å².